The number of aromatic nitrogens is 2. The molecule has 0 atom stereocenters. The summed E-state index contributed by atoms with van der Waals surface area (Å²) in [6, 6.07) is 15.4. The van der Waals surface area contributed by atoms with Gasteiger partial charge in [0.2, 0.25) is 11.8 Å². The molecule has 0 unspecified atom stereocenters. The summed E-state index contributed by atoms with van der Waals surface area (Å²) in [6.45, 7) is 2.00. The number of thioether (sulfide) groups is 1. The number of carbonyl (C=O) groups is 2. The number of amides is 2. The van der Waals surface area contributed by atoms with Gasteiger partial charge in [0.15, 0.2) is 5.16 Å². The van der Waals surface area contributed by atoms with Crippen LogP contribution in [0.25, 0.3) is 11.0 Å². The minimum atomic E-state index is -0.220. The van der Waals surface area contributed by atoms with Gasteiger partial charge in [-0.2, -0.15) is 0 Å². The Morgan fingerprint density at radius 1 is 1.15 bits per heavy atom. The summed E-state index contributed by atoms with van der Waals surface area (Å²) in [5.41, 5.74) is 3.78. The SMILES string of the molecule is Cc1ccc(NC(=O)CN(C)C(=O)CSc2nc3ccccc3n2C)cc1. The highest BCUT2D eigenvalue weighted by Gasteiger charge is 2.15. The predicted octanol–water partition coefficient (Wildman–Crippen LogP) is 3.07. The maximum atomic E-state index is 12.4. The van der Waals surface area contributed by atoms with E-state index < -0.39 is 0 Å². The molecule has 0 aliphatic carbocycles. The summed E-state index contributed by atoms with van der Waals surface area (Å²) in [4.78, 5) is 30.5. The quantitative estimate of drug-likeness (QED) is 0.666. The third-order valence-corrected chi connectivity index (χ3v) is 5.23. The maximum Gasteiger partial charge on any atom is 0.243 e. The van der Waals surface area contributed by atoms with Crippen molar-refractivity contribution in [2.45, 2.75) is 12.1 Å². The molecule has 7 heteroatoms. The van der Waals surface area contributed by atoms with Gasteiger partial charge >= 0.3 is 0 Å². The highest BCUT2D eigenvalue weighted by molar-refractivity contribution is 7.99. The molecule has 0 aliphatic heterocycles. The second-order valence-corrected chi connectivity index (χ2v) is 7.34. The van der Waals surface area contributed by atoms with Crippen LogP contribution < -0.4 is 5.32 Å². The minimum absolute atomic E-state index is 0.00973. The number of hydrogen-bond acceptors (Lipinski definition) is 4. The molecule has 0 fully saturated rings. The van der Waals surface area contributed by atoms with E-state index in [1.54, 1.807) is 7.05 Å². The van der Waals surface area contributed by atoms with Crippen molar-refractivity contribution in [1.82, 2.24) is 14.5 Å². The molecule has 0 spiro atoms. The van der Waals surface area contributed by atoms with Gasteiger partial charge in [0.25, 0.3) is 0 Å². The van der Waals surface area contributed by atoms with Gasteiger partial charge in [0.1, 0.15) is 0 Å². The van der Waals surface area contributed by atoms with E-state index in [1.807, 2.05) is 67.1 Å². The number of carbonyl (C=O) groups excluding carboxylic acids is 2. The molecule has 2 aromatic carbocycles. The van der Waals surface area contributed by atoms with Crippen LogP contribution in [0.3, 0.4) is 0 Å². The lowest BCUT2D eigenvalue weighted by Crippen LogP contribution is -2.36. The second kappa shape index (κ2) is 8.26. The van der Waals surface area contributed by atoms with Gasteiger partial charge in [-0.1, -0.05) is 41.6 Å². The van der Waals surface area contributed by atoms with Crippen LogP contribution in [0, 0.1) is 6.92 Å². The van der Waals surface area contributed by atoms with Crippen molar-refractivity contribution in [3.63, 3.8) is 0 Å². The van der Waals surface area contributed by atoms with Crippen molar-refractivity contribution < 1.29 is 9.59 Å². The van der Waals surface area contributed by atoms with Crippen LogP contribution in [0.15, 0.2) is 53.7 Å². The molecule has 6 nitrogen and oxygen atoms in total. The number of likely N-dealkylation sites (N-methyl/N-ethyl adjacent to an activating group) is 1. The topological polar surface area (TPSA) is 67.2 Å². The lowest BCUT2D eigenvalue weighted by molar-refractivity contribution is -0.131. The van der Waals surface area contributed by atoms with Gasteiger partial charge in [-0.05, 0) is 31.2 Å². The first-order chi connectivity index (χ1) is 12.9. The molecule has 1 N–H and O–H groups in total. The van der Waals surface area contributed by atoms with E-state index in [9.17, 15) is 9.59 Å². The molecule has 1 heterocycles. The van der Waals surface area contributed by atoms with Crippen LogP contribution in [0.5, 0.6) is 0 Å². The monoisotopic (exact) mass is 382 g/mol. The summed E-state index contributed by atoms with van der Waals surface area (Å²) in [5, 5.41) is 3.58. The molecule has 27 heavy (non-hydrogen) atoms. The average Bonchev–Trinajstić information content (AvgIpc) is 2.97. The van der Waals surface area contributed by atoms with E-state index in [0.717, 1.165) is 27.4 Å². The molecule has 1 aromatic heterocycles. The Morgan fingerprint density at radius 2 is 1.85 bits per heavy atom. The molecular formula is C20H22N4O2S. The van der Waals surface area contributed by atoms with Crippen molar-refractivity contribution in [2.24, 2.45) is 7.05 Å². The zero-order valence-electron chi connectivity index (χ0n) is 15.6. The lowest BCUT2D eigenvalue weighted by Gasteiger charge is -2.16. The Kier molecular flexibility index (Phi) is 5.81. The van der Waals surface area contributed by atoms with Crippen molar-refractivity contribution in [2.75, 3.05) is 24.7 Å². The molecule has 3 aromatic rings. The predicted molar refractivity (Wildman–Crippen MR) is 109 cm³/mol. The molecule has 0 saturated carbocycles. The van der Waals surface area contributed by atoms with Gasteiger partial charge < -0.3 is 14.8 Å². The third kappa shape index (κ3) is 4.68. The fraction of sp³-hybridized carbons (Fsp3) is 0.250. The first-order valence-corrected chi connectivity index (χ1v) is 9.57. The van der Waals surface area contributed by atoms with Crippen molar-refractivity contribution in [3.05, 3.63) is 54.1 Å². The van der Waals surface area contributed by atoms with E-state index in [0.29, 0.717) is 0 Å². The van der Waals surface area contributed by atoms with Gasteiger partial charge in [-0.25, -0.2) is 4.98 Å². The fourth-order valence-electron chi connectivity index (χ4n) is 2.63. The smallest absolute Gasteiger partial charge is 0.243 e. The fourth-order valence-corrected chi connectivity index (χ4v) is 3.56. The number of para-hydroxylation sites is 2. The van der Waals surface area contributed by atoms with E-state index in [1.165, 1.54) is 16.7 Å². The first kappa shape index (κ1) is 19.0. The summed E-state index contributed by atoms with van der Waals surface area (Å²) < 4.78 is 1.97. The number of nitrogens with one attached hydrogen (secondary N) is 1. The summed E-state index contributed by atoms with van der Waals surface area (Å²) in [7, 11) is 3.56. The van der Waals surface area contributed by atoms with E-state index in [-0.39, 0.29) is 24.1 Å². The molecule has 0 bridgehead atoms. The lowest BCUT2D eigenvalue weighted by atomic mass is 10.2. The van der Waals surface area contributed by atoms with Crippen molar-refractivity contribution >= 4 is 40.3 Å². The Balaban J connectivity index is 1.53. The first-order valence-electron chi connectivity index (χ1n) is 8.59. The van der Waals surface area contributed by atoms with Crippen LogP contribution in [-0.4, -0.2) is 45.6 Å². The zero-order chi connectivity index (χ0) is 19.4. The standard InChI is InChI=1S/C20H22N4O2S/c1-14-8-10-15(11-9-14)21-18(25)12-23(2)19(26)13-27-20-22-16-6-4-5-7-17(16)24(20)3/h4-11H,12-13H2,1-3H3,(H,21,25). The molecule has 0 saturated heterocycles. The molecule has 2 amide bonds. The number of rotatable bonds is 6. The Bertz CT molecular complexity index is 966. The molecular weight excluding hydrogens is 360 g/mol. The van der Waals surface area contributed by atoms with Gasteiger partial charge in [0.05, 0.1) is 23.3 Å². The van der Waals surface area contributed by atoms with E-state index in [4.69, 9.17) is 0 Å². The Labute approximate surface area is 162 Å². The number of benzene rings is 2. The highest BCUT2D eigenvalue weighted by Crippen LogP contribution is 2.22. The number of imidazole rings is 1. The molecule has 140 valence electrons. The molecule has 3 rings (SSSR count). The van der Waals surface area contributed by atoms with Gasteiger partial charge in [0, 0.05) is 19.8 Å². The molecule has 0 radical (unpaired) electrons. The Hall–Kier alpha value is -2.80. The van der Waals surface area contributed by atoms with Crippen LogP contribution in [-0.2, 0) is 16.6 Å². The van der Waals surface area contributed by atoms with Crippen LogP contribution in [0.1, 0.15) is 5.56 Å². The third-order valence-electron chi connectivity index (χ3n) is 4.21. The van der Waals surface area contributed by atoms with Crippen LogP contribution in [0.2, 0.25) is 0 Å². The van der Waals surface area contributed by atoms with Gasteiger partial charge in [-0.3, -0.25) is 9.59 Å². The zero-order valence-corrected chi connectivity index (χ0v) is 16.4. The van der Waals surface area contributed by atoms with Crippen molar-refractivity contribution in [1.29, 1.82) is 0 Å². The largest absolute Gasteiger partial charge is 0.336 e. The second-order valence-electron chi connectivity index (χ2n) is 6.39. The van der Waals surface area contributed by atoms with E-state index in [2.05, 4.69) is 10.3 Å². The average molecular weight is 382 g/mol. The molecule has 0 aliphatic rings. The maximum absolute atomic E-state index is 12.4. The number of aryl methyl sites for hydroxylation is 2. The summed E-state index contributed by atoms with van der Waals surface area (Å²) in [6.07, 6.45) is 0. The van der Waals surface area contributed by atoms with E-state index >= 15 is 0 Å². The summed E-state index contributed by atoms with van der Waals surface area (Å²) >= 11 is 1.37. The van der Waals surface area contributed by atoms with Gasteiger partial charge in [-0.15, -0.1) is 0 Å². The number of nitrogens with zero attached hydrogens (tertiary/aromatic N) is 3. The number of hydrogen-bond donors (Lipinski definition) is 1. The van der Waals surface area contributed by atoms with Crippen LogP contribution >= 0.6 is 11.8 Å². The van der Waals surface area contributed by atoms with Crippen molar-refractivity contribution in [3.8, 4) is 0 Å². The summed E-state index contributed by atoms with van der Waals surface area (Å²) in [5.74, 6) is -0.112. The minimum Gasteiger partial charge on any atom is -0.336 e. The highest BCUT2D eigenvalue weighted by atomic mass is 32.2. The Morgan fingerprint density at radius 3 is 2.56 bits per heavy atom. The number of fused-ring (bicyclic) bond motifs is 1. The normalized spacial score (nSPS) is 10.8. The van der Waals surface area contributed by atoms with Crippen LogP contribution in [0.4, 0.5) is 5.69 Å². The number of anilines is 1.